The normalized spacial score (nSPS) is 10.6. The van der Waals surface area contributed by atoms with E-state index in [0.29, 0.717) is 11.6 Å². The Morgan fingerprint density at radius 2 is 2.27 bits per heavy atom. The van der Waals surface area contributed by atoms with E-state index in [1.54, 1.807) is 17.1 Å². The van der Waals surface area contributed by atoms with Gasteiger partial charge in [0.2, 0.25) is 0 Å². The van der Waals surface area contributed by atoms with Crippen molar-refractivity contribution >= 4 is 11.6 Å². The van der Waals surface area contributed by atoms with Crippen LogP contribution in [0.3, 0.4) is 0 Å². The number of aryl methyl sites for hydroxylation is 1. The molecule has 0 aliphatic heterocycles. The molecule has 0 saturated heterocycles. The predicted molar refractivity (Wildman–Crippen MR) is 61.2 cm³/mol. The van der Waals surface area contributed by atoms with Crippen molar-refractivity contribution < 1.29 is 0 Å². The number of halogens is 1. The molecule has 0 atom stereocenters. The maximum Gasteiger partial charge on any atom is 0.0790 e. The van der Waals surface area contributed by atoms with Gasteiger partial charge in [-0.05, 0) is 24.1 Å². The summed E-state index contributed by atoms with van der Waals surface area (Å²) in [6.07, 6.45) is 3.41. The van der Waals surface area contributed by atoms with Gasteiger partial charge in [0, 0.05) is 12.7 Å². The van der Waals surface area contributed by atoms with Crippen LogP contribution in [0.2, 0.25) is 5.02 Å². The van der Waals surface area contributed by atoms with Gasteiger partial charge in [0.25, 0.3) is 0 Å². The van der Waals surface area contributed by atoms with E-state index >= 15 is 0 Å². The molecule has 0 saturated carbocycles. The fourth-order valence-electron chi connectivity index (χ4n) is 1.53. The number of nitrogens with zero attached hydrogens (tertiary/aromatic N) is 2. The van der Waals surface area contributed by atoms with Gasteiger partial charge >= 0.3 is 0 Å². The molecule has 0 fully saturated rings. The summed E-state index contributed by atoms with van der Waals surface area (Å²) in [4.78, 5) is 0. The number of hydrogen-bond acceptors (Lipinski definition) is 2. The van der Waals surface area contributed by atoms with Crippen LogP contribution in [-0.2, 0) is 6.54 Å². The second-order valence-corrected chi connectivity index (χ2v) is 3.86. The van der Waals surface area contributed by atoms with Crippen molar-refractivity contribution in [2.24, 2.45) is 5.73 Å². The van der Waals surface area contributed by atoms with Crippen molar-refractivity contribution in [1.82, 2.24) is 9.78 Å². The second kappa shape index (κ2) is 4.04. The lowest BCUT2D eigenvalue weighted by Crippen LogP contribution is -2.01. The van der Waals surface area contributed by atoms with Gasteiger partial charge in [0.05, 0.1) is 16.9 Å². The first-order chi connectivity index (χ1) is 7.20. The topological polar surface area (TPSA) is 43.8 Å². The lowest BCUT2D eigenvalue weighted by molar-refractivity contribution is 0.870. The molecule has 2 N–H and O–H groups in total. The maximum atomic E-state index is 5.82. The average Bonchev–Trinajstić information content (AvgIpc) is 2.64. The Kier molecular flexibility index (Phi) is 2.75. The SMILES string of the molecule is Cc1cc(CN)ccc1-n1cc(Cl)cn1. The van der Waals surface area contributed by atoms with Crippen molar-refractivity contribution in [3.8, 4) is 5.69 Å². The molecule has 0 bridgehead atoms. The van der Waals surface area contributed by atoms with Crippen LogP contribution in [0, 0.1) is 6.92 Å². The molecule has 0 unspecified atom stereocenters. The molecular weight excluding hydrogens is 210 g/mol. The van der Waals surface area contributed by atoms with Gasteiger partial charge in [-0.2, -0.15) is 5.10 Å². The third kappa shape index (κ3) is 2.03. The minimum Gasteiger partial charge on any atom is -0.326 e. The maximum absolute atomic E-state index is 5.82. The highest BCUT2D eigenvalue weighted by atomic mass is 35.5. The molecule has 78 valence electrons. The molecule has 0 spiro atoms. The summed E-state index contributed by atoms with van der Waals surface area (Å²) < 4.78 is 1.76. The summed E-state index contributed by atoms with van der Waals surface area (Å²) in [6, 6.07) is 6.06. The summed E-state index contributed by atoms with van der Waals surface area (Å²) in [7, 11) is 0. The summed E-state index contributed by atoms with van der Waals surface area (Å²) in [6.45, 7) is 2.59. The molecule has 0 aliphatic rings. The third-order valence-corrected chi connectivity index (χ3v) is 2.49. The first-order valence-corrected chi connectivity index (χ1v) is 5.08. The van der Waals surface area contributed by atoms with Crippen LogP contribution in [0.4, 0.5) is 0 Å². The molecule has 0 amide bonds. The van der Waals surface area contributed by atoms with Crippen molar-refractivity contribution in [3.05, 3.63) is 46.7 Å². The Morgan fingerprint density at radius 3 is 2.80 bits per heavy atom. The zero-order valence-electron chi connectivity index (χ0n) is 8.44. The van der Waals surface area contributed by atoms with E-state index in [9.17, 15) is 0 Å². The highest BCUT2D eigenvalue weighted by molar-refractivity contribution is 6.30. The van der Waals surface area contributed by atoms with Crippen LogP contribution in [-0.4, -0.2) is 9.78 Å². The van der Waals surface area contributed by atoms with E-state index in [4.69, 9.17) is 17.3 Å². The first-order valence-electron chi connectivity index (χ1n) is 4.71. The third-order valence-electron chi connectivity index (χ3n) is 2.29. The number of aromatic nitrogens is 2. The molecule has 4 heteroatoms. The Labute approximate surface area is 93.5 Å². The van der Waals surface area contributed by atoms with Gasteiger partial charge in [-0.15, -0.1) is 0 Å². The monoisotopic (exact) mass is 221 g/mol. The lowest BCUT2D eigenvalue weighted by Gasteiger charge is -2.07. The second-order valence-electron chi connectivity index (χ2n) is 3.43. The number of hydrogen-bond donors (Lipinski definition) is 1. The molecule has 1 aromatic heterocycles. The van der Waals surface area contributed by atoms with Crippen LogP contribution in [0.1, 0.15) is 11.1 Å². The van der Waals surface area contributed by atoms with Gasteiger partial charge in [0.15, 0.2) is 0 Å². The van der Waals surface area contributed by atoms with Crippen LogP contribution >= 0.6 is 11.6 Å². The van der Waals surface area contributed by atoms with Crippen LogP contribution in [0.25, 0.3) is 5.69 Å². The van der Waals surface area contributed by atoms with Crippen LogP contribution in [0.5, 0.6) is 0 Å². The van der Waals surface area contributed by atoms with E-state index in [2.05, 4.69) is 11.2 Å². The minimum absolute atomic E-state index is 0.557. The molecule has 2 aromatic rings. The molecule has 2 rings (SSSR count). The zero-order chi connectivity index (χ0) is 10.8. The van der Waals surface area contributed by atoms with Gasteiger partial charge in [-0.25, -0.2) is 4.68 Å². The van der Waals surface area contributed by atoms with Gasteiger partial charge < -0.3 is 5.73 Å². The van der Waals surface area contributed by atoms with Crippen molar-refractivity contribution in [2.75, 3.05) is 0 Å². The largest absolute Gasteiger partial charge is 0.326 e. The summed E-state index contributed by atoms with van der Waals surface area (Å²) in [5.74, 6) is 0. The van der Waals surface area contributed by atoms with E-state index in [0.717, 1.165) is 16.8 Å². The van der Waals surface area contributed by atoms with E-state index in [1.165, 1.54) is 0 Å². The Balaban J connectivity index is 2.45. The van der Waals surface area contributed by atoms with E-state index in [-0.39, 0.29) is 0 Å². The number of nitrogens with two attached hydrogens (primary N) is 1. The number of benzene rings is 1. The average molecular weight is 222 g/mol. The summed E-state index contributed by atoms with van der Waals surface area (Å²) in [5, 5.41) is 4.79. The molecule has 1 heterocycles. The fraction of sp³-hybridized carbons (Fsp3) is 0.182. The highest BCUT2D eigenvalue weighted by Crippen LogP contribution is 2.17. The number of rotatable bonds is 2. The first kappa shape index (κ1) is 10.2. The van der Waals surface area contributed by atoms with E-state index in [1.807, 2.05) is 19.1 Å². The Bertz CT molecular complexity index is 476. The van der Waals surface area contributed by atoms with Crippen molar-refractivity contribution in [1.29, 1.82) is 0 Å². The minimum atomic E-state index is 0.557. The summed E-state index contributed by atoms with van der Waals surface area (Å²) in [5.41, 5.74) is 8.85. The molecule has 15 heavy (non-hydrogen) atoms. The predicted octanol–water partition coefficient (Wildman–Crippen LogP) is 2.29. The van der Waals surface area contributed by atoms with E-state index < -0.39 is 0 Å². The molecule has 0 aliphatic carbocycles. The Hall–Kier alpha value is -1.32. The van der Waals surface area contributed by atoms with Crippen molar-refractivity contribution in [3.63, 3.8) is 0 Å². The zero-order valence-corrected chi connectivity index (χ0v) is 9.20. The van der Waals surface area contributed by atoms with Gasteiger partial charge in [-0.3, -0.25) is 0 Å². The van der Waals surface area contributed by atoms with Gasteiger partial charge in [0.1, 0.15) is 0 Å². The van der Waals surface area contributed by atoms with Crippen LogP contribution in [0.15, 0.2) is 30.6 Å². The van der Waals surface area contributed by atoms with Gasteiger partial charge in [-0.1, -0.05) is 23.7 Å². The quantitative estimate of drug-likeness (QED) is 0.846. The van der Waals surface area contributed by atoms with Crippen molar-refractivity contribution in [2.45, 2.75) is 13.5 Å². The molecule has 3 nitrogen and oxygen atoms in total. The lowest BCUT2D eigenvalue weighted by atomic mass is 10.1. The summed E-state index contributed by atoms with van der Waals surface area (Å²) >= 11 is 5.82. The fourth-order valence-corrected chi connectivity index (χ4v) is 1.67. The van der Waals surface area contributed by atoms with Crippen LogP contribution < -0.4 is 5.73 Å². The smallest absolute Gasteiger partial charge is 0.0790 e. The highest BCUT2D eigenvalue weighted by Gasteiger charge is 2.03. The molecule has 0 radical (unpaired) electrons. The Morgan fingerprint density at radius 1 is 1.47 bits per heavy atom. The standard InChI is InChI=1S/C11H12ClN3/c1-8-4-9(5-13)2-3-11(8)15-7-10(12)6-14-15/h2-4,6-7H,5,13H2,1H3. The molecule has 1 aromatic carbocycles. The molecular formula is C11H12ClN3.